The Morgan fingerprint density at radius 1 is 1.32 bits per heavy atom. The van der Waals surface area contributed by atoms with E-state index in [0.29, 0.717) is 17.8 Å². The summed E-state index contributed by atoms with van der Waals surface area (Å²) in [5.74, 6) is 0.648. The normalized spacial score (nSPS) is 16.8. The highest BCUT2D eigenvalue weighted by Crippen LogP contribution is 2.05. The molecule has 3 rings (SSSR count). The molecule has 0 amide bonds. The highest BCUT2D eigenvalue weighted by molar-refractivity contribution is 5.77. The van der Waals surface area contributed by atoms with Crippen LogP contribution in [0.15, 0.2) is 29.1 Å². The summed E-state index contributed by atoms with van der Waals surface area (Å²) in [5, 5.41) is 2.70. The lowest BCUT2D eigenvalue weighted by Gasteiger charge is -2.26. The highest BCUT2D eigenvalue weighted by Gasteiger charge is 2.10. The van der Waals surface area contributed by atoms with Gasteiger partial charge >= 0.3 is 0 Å². The number of aromatic nitrogens is 2. The van der Waals surface area contributed by atoms with Gasteiger partial charge in [0.15, 0.2) is 0 Å². The number of ether oxygens (including phenoxy) is 1. The minimum Gasteiger partial charge on any atom is -0.379 e. The largest absolute Gasteiger partial charge is 0.379 e. The zero-order valence-corrected chi connectivity index (χ0v) is 10.6. The van der Waals surface area contributed by atoms with Crippen LogP contribution < -0.4 is 11.0 Å². The van der Waals surface area contributed by atoms with Crippen LogP contribution in [0.4, 0.5) is 0 Å². The van der Waals surface area contributed by atoms with Crippen LogP contribution in [0.5, 0.6) is 0 Å². The summed E-state index contributed by atoms with van der Waals surface area (Å²) in [7, 11) is 0. The molecule has 0 atom stereocenters. The van der Waals surface area contributed by atoms with E-state index < -0.39 is 0 Å². The molecule has 1 saturated heterocycles. The molecule has 2 N–H and O–H groups in total. The average molecular weight is 260 g/mol. The number of hydrogen-bond acceptors (Lipinski definition) is 5. The van der Waals surface area contributed by atoms with Crippen LogP contribution >= 0.6 is 0 Å². The smallest absolute Gasteiger partial charge is 0.258 e. The number of aromatic amines is 1. The lowest BCUT2D eigenvalue weighted by Crippen LogP contribution is -2.45. The first-order chi connectivity index (χ1) is 9.33. The zero-order chi connectivity index (χ0) is 13.1. The molecule has 0 unspecified atom stereocenters. The van der Waals surface area contributed by atoms with Crippen LogP contribution in [-0.2, 0) is 11.3 Å². The number of nitrogens with one attached hydrogen (secondary N) is 2. The Bertz CT molecular complexity index is 619. The summed E-state index contributed by atoms with van der Waals surface area (Å²) in [4.78, 5) is 19.1. The van der Waals surface area contributed by atoms with E-state index in [9.17, 15) is 4.79 Å². The van der Waals surface area contributed by atoms with Gasteiger partial charge < -0.3 is 9.72 Å². The number of hydrogen-bond donors (Lipinski definition) is 2. The van der Waals surface area contributed by atoms with Crippen LogP contribution in [-0.4, -0.2) is 41.3 Å². The molecule has 1 fully saturated rings. The van der Waals surface area contributed by atoms with Crippen molar-refractivity contribution in [1.82, 2.24) is 20.4 Å². The summed E-state index contributed by atoms with van der Waals surface area (Å²) in [5.41, 5.74) is 3.88. The molecule has 1 aliphatic rings. The molecule has 0 radical (unpaired) electrons. The monoisotopic (exact) mass is 260 g/mol. The molecule has 0 spiro atoms. The summed E-state index contributed by atoms with van der Waals surface area (Å²) < 4.78 is 5.27. The zero-order valence-electron chi connectivity index (χ0n) is 10.6. The van der Waals surface area contributed by atoms with E-state index in [4.69, 9.17) is 4.74 Å². The summed E-state index contributed by atoms with van der Waals surface area (Å²) in [6, 6.07) is 7.35. The standard InChI is InChI=1S/C13H16N4O2/c18-13-10-3-1-2-4-11(10)15-12(16-13)9-14-17-5-7-19-8-6-17/h1-4,14H,5-9H2,(H,15,16,18). The number of benzene rings is 1. The van der Waals surface area contributed by atoms with Crippen molar-refractivity contribution in [3.05, 3.63) is 40.4 Å². The first-order valence-corrected chi connectivity index (χ1v) is 6.37. The molecule has 0 saturated carbocycles. The van der Waals surface area contributed by atoms with Crippen molar-refractivity contribution in [2.24, 2.45) is 0 Å². The molecule has 1 aromatic carbocycles. The van der Waals surface area contributed by atoms with E-state index >= 15 is 0 Å². The molecular weight excluding hydrogens is 244 g/mol. The predicted molar refractivity (Wildman–Crippen MR) is 71.6 cm³/mol. The van der Waals surface area contributed by atoms with Crippen molar-refractivity contribution in [3.63, 3.8) is 0 Å². The first-order valence-electron chi connectivity index (χ1n) is 6.37. The van der Waals surface area contributed by atoms with Gasteiger partial charge in [0.25, 0.3) is 5.56 Å². The van der Waals surface area contributed by atoms with Crippen LogP contribution in [0.3, 0.4) is 0 Å². The maximum absolute atomic E-state index is 11.9. The van der Waals surface area contributed by atoms with Crippen molar-refractivity contribution < 1.29 is 4.74 Å². The second-order valence-electron chi connectivity index (χ2n) is 4.46. The second kappa shape index (κ2) is 5.48. The van der Waals surface area contributed by atoms with E-state index in [1.54, 1.807) is 6.07 Å². The van der Waals surface area contributed by atoms with Crippen molar-refractivity contribution >= 4 is 10.9 Å². The van der Waals surface area contributed by atoms with Gasteiger partial charge in [0.2, 0.25) is 0 Å². The van der Waals surface area contributed by atoms with E-state index in [1.807, 2.05) is 18.2 Å². The molecule has 100 valence electrons. The van der Waals surface area contributed by atoms with E-state index in [0.717, 1.165) is 31.8 Å². The maximum Gasteiger partial charge on any atom is 0.258 e. The molecule has 6 nitrogen and oxygen atoms in total. The summed E-state index contributed by atoms with van der Waals surface area (Å²) in [6.45, 7) is 3.67. The number of rotatable bonds is 3. The lowest BCUT2D eigenvalue weighted by molar-refractivity contribution is 0.0101. The summed E-state index contributed by atoms with van der Waals surface area (Å²) in [6.07, 6.45) is 0. The minimum atomic E-state index is -0.0932. The molecule has 1 aromatic heterocycles. The Morgan fingerprint density at radius 2 is 2.11 bits per heavy atom. The fourth-order valence-electron chi connectivity index (χ4n) is 2.13. The third-order valence-corrected chi connectivity index (χ3v) is 3.14. The van der Waals surface area contributed by atoms with Crippen molar-refractivity contribution in [1.29, 1.82) is 0 Å². The van der Waals surface area contributed by atoms with Crippen molar-refractivity contribution in [2.45, 2.75) is 6.54 Å². The topological polar surface area (TPSA) is 70.2 Å². The van der Waals surface area contributed by atoms with E-state index in [1.165, 1.54) is 0 Å². The SMILES string of the molecule is O=c1[nH]c(CNN2CCOCC2)nc2ccccc12. The van der Waals surface area contributed by atoms with Gasteiger partial charge in [0, 0.05) is 13.1 Å². The molecule has 0 aliphatic carbocycles. The van der Waals surface area contributed by atoms with Crippen LogP contribution in [0, 0.1) is 0 Å². The third kappa shape index (κ3) is 2.81. The fraction of sp³-hybridized carbons (Fsp3) is 0.385. The van der Waals surface area contributed by atoms with Gasteiger partial charge in [-0.25, -0.2) is 15.4 Å². The number of para-hydroxylation sites is 1. The predicted octanol–water partition coefficient (Wildman–Crippen LogP) is 0.260. The molecule has 0 bridgehead atoms. The quantitative estimate of drug-likeness (QED) is 0.828. The molecular formula is C13H16N4O2. The third-order valence-electron chi connectivity index (χ3n) is 3.14. The number of fused-ring (bicyclic) bond motifs is 1. The number of morpholine rings is 1. The van der Waals surface area contributed by atoms with Gasteiger partial charge in [0.05, 0.1) is 30.7 Å². The van der Waals surface area contributed by atoms with Gasteiger partial charge in [-0.05, 0) is 12.1 Å². The van der Waals surface area contributed by atoms with Gasteiger partial charge in [-0.15, -0.1) is 0 Å². The Morgan fingerprint density at radius 3 is 2.95 bits per heavy atom. The van der Waals surface area contributed by atoms with Crippen LogP contribution in [0.25, 0.3) is 10.9 Å². The minimum absolute atomic E-state index is 0.0932. The van der Waals surface area contributed by atoms with Gasteiger partial charge in [-0.2, -0.15) is 0 Å². The number of hydrazine groups is 1. The van der Waals surface area contributed by atoms with Crippen LogP contribution in [0.2, 0.25) is 0 Å². The Balaban J connectivity index is 1.75. The van der Waals surface area contributed by atoms with E-state index in [2.05, 4.69) is 20.4 Å². The van der Waals surface area contributed by atoms with Crippen LogP contribution in [0.1, 0.15) is 5.82 Å². The average Bonchev–Trinajstić information content (AvgIpc) is 2.46. The summed E-state index contributed by atoms with van der Waals surface area (Å²) >= 11 is 0. The fourth-order valence-corrected chi connectivity index (χ4v) is 2.13. The molecule has 2 aromatic rings. The molecule has 19 heavy (non-hydrogen) atoms. The Hall–Kier alpha value is -1.76. The van der Waals surface area contributed by atoms with Crippen molar-refractivity contribution in [2.75, 3.05) is 26.3 Å². The Labute approximate surface area is 110 Å². The van der Waals surface area contributed by atoms with E-state index in [-0.39, 0.29) is 5.56 Å². The molecule has 1 aliphatic heterocycles. The van der Waals surface area contributed by atoms with Gasteiger partial charge in [-0.1, -0.05) is 12.1 Å². The lowest BCUT2D eigenvalue weighted by atomic mass is 10.2. The molecule has 6 heteroatoms. The number of nitrogens with zero attached hydrogens (tertiary/aromatic N) is 2. The first kappa shape index (κ1) is 12.3. The maximum atomic E-state index is 11.9. The number of H-pyrrole nitrogens is 1. The second-order valence-corrected chi connectivity index (χ2v) is 4.46. The Kier molecular flexibility index (Phi) is 3.54. The highest BCUT2D eigenvalue weighted by atomic mass is 16.5. The van der Waals surface area contributed by atoms with Gasteiger partial charge in [-0.3, -0.25) is 4.79 Å². The molecule has 2 heterocycles. The van der Waals surface area contributed by atoms with Crippen molar-refractivity contribution in [3.8, 4) is 0 Å². The van der Waals surface area contributed by atoms with Gasteiger partial charge in [0.1, 0.15) is 5.82 Å².